The Bertz CT molecular complexity index is 1270. The Kier molecular flexibility index (Phi) is 8.27. The topological polar surface area (TPSA) is 41.5 Å². The highest BCUT2D eigenvalue weighted by atomic mass is 35.5. The molecule has 182 valence electrons. The maximum atomic E-state index is 14.7. The van der Waals surface area contributed by atoms with E-state index in [9.17, 15) is 9.50 Å². The van der Waals surface area contributed by atoms with Gasteiger partial charge in [-0.2, -0.15) is 0 Å². The van der Waals surface area contributed by atoms with Gasteiger partial charge < -0.3 is 15.2 Å². The number of phenols is 1. The third-order valence-corrected chi connectivity index (χ3v) is 6.73. The second-order valence-corrected chi connectivity index (χ2v) is 9.08. The number of nitrogens with one attached hydrogen (secondary N) is 1. The molecule has 3 nitrogen and oxygen atoms in total. The molecule has 4 aromatic rings. The number of hydrogen-bond donors (Lipinski definition) is 2. The van der Waals surface area contributed by atoms with Crippen LogP contribution < -0.4 is 10.1 Å². The molecule has 1 unspecified atom stereocenters. The summed E-state index contributed by atoms with van der Waals surface area (Å²) in [6, 6.07) is 24.9. The van der Waals surface area contributed by atoms with Gasteiger partial charge in [0.15, 0.2) is 0 Å². The van der Waals surface area contributed by atoms with Crippen molar-refractivity contribution in [2.75, 3.05) is 13.2 Å². The summed E-state index contributed by atoms with van der Waals surface area (Å²) in [5, 5.41) is 15.5. The van der Waals surface area contributed by atoms with Gasteiger partial charge in [0.05, 0.1) is 6.61 Å². The summed E-state index contributed by atoms with van der Waals surface area (Å²) in [4.78, 5) is 0. The Balaban J connectivity index is 0.00000289. The minimum atomic E-state index is -0.238. The monoisotopic (exact) mass is 491 g/mol. The third kappa shape index (κ3) is 5.95. The smallest absolute Gasteiger partial charge is 0.131 e. The zero-order valence-corrected chi connectivity index (χ0v) is 20.5. The van der Waals surface area contributed by atoms with Gasteiger partial charge in [0.25, 0.3) is 0 Å². The van der Waals surface area contributed by atoms with E-state index in [1.165, 1.54) is 25.3 Å². The highest BCUT2D eigenvalue weighted by molar-refractivity contribution is 5.93. The lowest BCUT2D eigenvalue weighted by Gasteiger charge is -2.23. The summed E-state index contributed by atoms with van der Waals surface area (Å²) in [6.45, 7) is 1.82. The molecule has 5 rings (SSSR count). The fraction of sp³-hybridized carbons (Fsp3) is 0.267. The minimum absolute atomic E-state index is 0. The number of hydrogen-bond acceptors (Lipinski definition) is 3. The van der Waals surface area contributed by atoms with E-state index in [2.05, 4.69) is 17.4 Å². The van der Waals surface area contributed by atoms with Gasteiger partial charge in [-0.1, -0.05) is 55.0 Å². The summed E-state index contributed by atoms with van der Waals surface area (Å²) in [5.74, 6) is 0.858. The van der Waals surface area contributed by atoms with E-state index in [1.807, 2.05) is 42.5 Å². The Morgan fingerprint density at radius 1 is 0.914 bits per heavy atom. The molecule has 1 saturated heterocycles. The van der Waals surface area contributed by atoms with E-state index in [-0.39, 0.29) is 24.0 Å². The molecule has 1 heterocycles. The summed E-state index contributed by atoms with van der Waals surface area (Å²) < 4.78 is 20.7. The summed E-state index contributed by atoms with van der Waals surface area (Å²) in [6.07, 6.45) is 5.48. The fourth-order valence-corrected chi connectivity index (χ4v) is 4.90. The van der Waals surface area contributed by atoms with Crippen molar-refractivity contribution < 1.29 is 14.2 Å². The summed E-state index contributed by atoms with van der Waals surface area (Å²) in [7, 11) is 0. The quantitative estimate of drug-likeness (QED) is 0.285. The second-order valence-electron chi connectivity index (χ2n) is 9.08. The molecule has 1 aliphatic rings. The van der Waals surface area contributed by atoms with Gasteiger partial charge in [-0.3, -0.25) is 0 Å². The van der Waals surface area contributed by atoms with Crippen LogP contribution in [0.15, 0.2) is 78.9 Å². The van der Waals surface area contributed by atoms with Crippen LogP contribution in [0.5, 0.6) is 11.5 Å². The highest BCUT2D eigenvalue weighted by Crippen LogP contribution is 2.35. The SMILES string of the molecule is Cl.Oc1ccc2c(Cc3ccc(OCCC4CCCCN4)cc3)c(-c3ccccc3F)ccc2c1. The van der Waals surface area contributed by atoms with Crippen LogP contribution in [0.1, 0.15) is 36.8 Å². The van der Waals surface area contributed by atoms with Crippen molar-refractivity contribution in [1.82, 2.24) is 5.32 Å². The minimum Gasteiger partial charge on any atom is -0.508 e. The van der Waals surface area contributed by atoms with Gasteiger partial charge in [-0.25, -0.2) is 4.39 Å². The first-order valence-corrected chi connectivity index (χ1v) is 12.1. The molecule has 0 aromatic heterocycles. The standard InChI is InChI=1S/C30H30FNO2.ClH/c31-30-7-2-1-6-28(30)27-14-10-22-20-24(33)11-15-26(22)29(27)19-21-8-12-25(13-9-21)34-18-16-23-5-3-4-17-32-23;/h1-2,6-15,20,23,32-33H,3-5,16-19H2;1H. The molecule has 0 bridgehead atoms. The van der Waals surface area contributed by atoms with Gasteiger partial charge in [0, 0.05) is 11.6 Å². The van der Waals surface area contributed by atoms with Crippen molar-refractivity contribution in [3.8, 4) is 22.6 Å². The molecule has 0 saturated carbocycles. The third-order valence-electron chi connectivity index (χ3n) is 6.73. The number of fused-ring (bicyclic) bond motifs is 1. The van der Waals surface area contributed by atoms with Crippen LogP contribution in [0.2, 0.25) is 0 Å². The van der Waals surface area contributed by atoms with E-state index in [0.29, 0.717) is 24.6 Å². The van der Waals surface area contributed by atoms with Gasteiger partial charge >= 0.3 is 0 Å². The van der Waals surface area contributed by atoms with Crippen LogP contribution in [0.25, 0.3) is 21.9 Å². The van der Waals surface area contributed by atoms with Crippen molar-refractivity contribution in [2.24, 2.45) is 0 Å². The highest BCUT2D eigenvalue weighted by Gasteiger charge is 2.15. The average Bonchev–Trinajstić information content (AvgIpc) is 2.86. The zero-order chi connectivity index (χ0) is 23.3. The fourth-order valence-electron chi connectivity index (χ4n) is 4.90. The molecule has 1 atom stereocenters. The van der Waals surface area contributed by atoms with Crippen LogP contribution in [0.4, 0.5) is 4.39 Å². The van der Waals surface area contributed by atoms with Gasteiger partial charge in [0.1, 0.15) is 17.3 Å². The van der Waals surface area contributed by atoms with Gasteiger partial charge in [-0.15, -0.1) is 12.4 Å². The first kappa shape index (κ1) is 25.0. The molecule has 0 radical (unpaired) electrons. The van der Waals surface area contributed by atoms with E-state index >= 15 is 0 Å². The van der Waals surface area contributed by atoms with Crippen molar-refractivity contribution in [3.05, 3.63) is 95.8 Å². The molecular weight excluding hydrogens is 461 g/mol. The summed E-state index contributed by atoms with van der Waals surface area (Å²) >= 11 is 0. The maximum Gasteiger partial charge on any atom is 0.131 e. The Labute approximate surface area is 212 Å². The van der Waals surface area contributed by atoms with Crippen molar-refractivity contribution >= 4 is 23.2 Å². The number of halogens is 2. The van der Waals surface area contributed by atoms with Crippen molar-refractivity contribution in [3.63, 3.8) is 0 Å². The van der Waals surface area contributed by atoms with E-state index in [0.717, 1.165) is 46.2 Å². The maximum absolute atomic E-state index is 14.7. The Hall–Kier alpha value is -3.08. The molecule has 1 fully saturated rings. The molecule has 4 aromatic carbocycles. The predicted octanol–water partition coefficient (Wildman–Crippen LogP) is 7.28. The lowest BCUT2D eigenvalue weighted by Crippen LogP contribution is -2.35. The zero-order valence-electron chi connectivity index (χ0n) is 19.7. The lowest BCUT2D eigenvalue weighted by molar-refractivity contribution is 0.268. The largest absolute Gasteiger partial charge is 0.508 e. The van der Waals surface area contributed by atoms with Gasteiger partial charge in [0.2, 0.25) is 0 Å². The lowest BCUT2D eigenvalue weighted by atomic mass is 9.90. The molecule has 5 heteroatoms. The van der Waals surface area contributed by atoms with Crippen LogP contribution in [0, 0.1) is 5.82 Å². The molecule has 1 aliphatic heterocycles. The molecular formula is C30H31ClFNO2. The first-order valence-electron chi connectivity index (χ1n) is 12.1. The van der Waals surface area contributed by atoms with Crippen LogP contribution in [-0.4, -0.2) is 24.3 Å². The summed E-state index contributed by atoms with van der Waals surface area (Å²) in [5.41, 5.74) is 3.62. The number of phenolic OH excluding ortho intramolecular Hbond substituents is 1. The van der Waals surface area contributed by atoms with Crippen molar-refractivity contribution in [2.45, 2.75) is 38.1 Å². The molecule has 0 amide bonds. The molecule has 35 heavy (non-hydrogen) atoms. The van der Waals surface area contributed by atoms with Crippen LogP contribution in [-0.2, 0) is 6.42 Å². The predicted molar refractivity (Wildman–Crippen MR) is 143 cm³/mol. The molecule has 0 aliphatic carbocycles. The van der Waals surface area contributed by atoms with Gasteiger partial charge in [-0.05, 0) is 90.0 Å². The first-order chi connectivity index (χ1) is 16.7. The van der Waals surface area contributed by atoms with Crippen molar-refractivity contribution in [1.29, 1.82) is 0 Å². The second kappa shape index (κ2) is 11.6. The molecule has 0 spiro atoms. The number of benzene rings is 4. The van der Waals surface area contributed by atoms with E-state index in [4.69, 9.17) is 4.74 Å². The average molecular weight is 492 g/mol. The number of rotatable bonds is 7. The number of aromatic hydroxyl groups is 1. The number of ether oxygens (including phenoxy) is 1. The van der Waals surface area contributed by atoms with Crippen LogP contribution in [0.3, 0.4) is 0 Å². The Morgan fingerprint density at radius 3 is 2.51 bits per heavy atom. The van der Waals surface area contributed by atoms with E-state index in [1.54, 1.807) is 18.2 Å². The normalized spacial score (nSPS) is 15.5. The Morgan fingerprint density at radius 2 is 1.74 bits per heavy atom. The molecule has 2 N–H and O–H groups in total. The van der Waals surface area contributed by atoms with E-state index < -0.39 is 0 Å². The number of piperidine rings is 1. The van der Waals surface area contributed by atoms with Crippen LogP contribution >= 0.6 is 12.4 Å².